The van der Waals surface area contributed by atoms with E-state index in [-0.39, 0.29) is 0 Å². The van der Waals surface area contributed by atoms with Gasteiger partial charge in [0.25, 0.3) is 0 Å². The molecule has 0 fully saturated rings. The first kappa shape index (κ1) is 7.54. The molecule has 58 valence electrons. The molecular formula is C7H13NO2. The highest BCUT2D eigenvalue weighted by Gasteiger charge is 2.12. The normalized spacial score (nSPS) is 25.8. The predicted molar refractivity (Wildman–Crippen MR) is 39.3 cm³/mol. The Morgan fingerprint density at radius 1 is 1.80 bits per heavy atom. The molecule has 1 aliphatic rings. The summed E-state index contributed by atoms with van der Waals surface area (Å²) in [5, 5.41) is 0. The fraction of sp³-hybridized carbons (Fsp3) is 0.857. The molecule has 1 rings (SSSR count). The third-order valence-corrected chi connectivity index (χ3v) is 1.57. The van der Waals surface area contributed by atoms with Crippen LogP contribution in [-0.2, 0) is 9.47 Å². The average molecular weight is 143 g/mol. The minimum Gasteiger partial charge on any atom is -0.483 e. The molecule has 1 heterocycles. The van der Waals surface area contributed by atoms with E-state index in [1.54, 1.807) is 7.11 Å². The van der Waals surface area contributed by atoms with E-state index in [0.717, 1.165) is 18.9 Å². The van der Waals surface area contributed by atoms with Crippen molar-refractivity contribution in [1.29, 1.82) is 0 Å². The highest BCUT2D eigenvalue weighted by molar-refractivity contribution is 5.77. The van der Waals surface area contributed by atoms with Gasteiger partial charge >= 0.3 is 0 Å². The van der Waals surface area contributed by atoms with Crippen molar-refractivity contribution in [3.8, 4) is 0 Å². The van der Waals surface area contributed by atoms with Crippen molar-refractivity contribution in [3.63, 3.8) is 0 Å². The summed E-state index contributed by atoms with van der Waals surface area (Å²) in [6.07, 6.45) is 1.02. The maximum Gasteiger partial charge on any atom is 0.210 e. The zero-order valence-electron chi connectivity index (χ0n) is 6.46. The van der Waals surface area contributed by atoms with Crippen LogP contribution in [0.15, 0.2) is 4.99 Å². The monoisotopic (exact) mass is 143 g/mol. The Hall–Kier alpha value is -0.570. The summed E-state index contributed by atoms with van der Waals surface area (Å²) < 4.78 is 10.2. The molecule has 10 heavy (non-hydrogen) atoms. The van der Waals surface area contributed by atoms with Crippen LogP contribution in [0, 0.1) is 0 Å². The van der Waals surface area contributed by atoms with E-state index in [1.165, 1.54) is 0 Å². The van der Waals surface area contributed by atoms with E-state index in [2.05, 4.69) is 11.9 Å². The van der Waals surface area contributed by atoms with Gasteiger partial charge in [0.1, 0.15) is 6.61 Å². The Bertz CT molecular complexity index is 134. The van der Waals surface area contributed by atoms with Crippen LogP contribution in [0.5, 0.6) is 0 Å². The Morgan fingerprint density at radius 3 is 3.20 bits per heavy atom. The molecule has 0 spiro atoms. The van der Waals surface area contributed by atoms with Crippen molar-refractivity contribution < 1.29 is 9.47 Å². The lowest BCUT2D eigenvalue weighted by Gasteiger charge is -2.18. The Balaban J connectivity index is 2.48. The number of methoxy groups -OCH3 is 1. The van der Waals surface area contributed by atoms with Gasteiger partial charge in [0.2, 0.25) is 5.90 Å². The Kier molecular flexibility index (Phi) is 2.68. The number of aliphatic imine (C=N–C) groups is 1. The quantitative estimate of drug-likeness (QED) is 0.544. The van der Waals surface area contributed by atoms with Gasteiger partial charge in [-0.3, -0.25) is 0 Å². The third kappa shape index (κ3) is 1.70. The first-order chi connectivity index (χ1) is 4.86. The average Bonchev–Trinajstić information content (AvgIpc) is 2.05. The molecule has 0 aromatic rings. The van der Waals surface area contributed by atoms with Crippen LogP contribution >= 0.6 is 0 Å². The van der Waals surface area contributed by atoms with E-state index in [9.17, 15) is 0 Å². The molecule has 0 radical (unpaired) electrons. The van der Waals surface area contributed by atoms with Gasteiger partial charge in [-0.15, -0.1) is 0 Å². The van der Waals surface area contributed by atoms with E-state index < -0.39 is 0 Å². The maximum absolute atomic E-state index is 5.22. The summed E-state index contributed by atoms with van der Waals surface area (Å²) >= 11 is 0. The molecule has 3 heteroatoms. The van der Waals surface area contributed by atoms with E-state index in [1.807, 2.05) is 0 Å². The molecule has 1 unspecified atom stereocenters. The fourth-order valence-electron chi connectivity index (χ4n) is 0.881. The summed E-state index contributed by atoms with van der Waals surface area (Å²) in [6.45, 7) is 3.37. The van der Waals surface area contributed by atoms with Crippen LogP contribution in [0.3, 0.4) is 0 Å². The summed E-state index contributed by atoms with van der Waals surface area (Å²) in [7, 11) is 1.63. The second kappa shape index (κ2) is 3.56. The summed E-state index contributed by atoms with van der Waals surface area (Å²) in [4.78, 5) is 4.29. The highest BCUT2D eigenvalue weighted by atomic mass is 16.5. The van der Waals surface area contributed by atoms with E-state index in [4.69, 9.17) is 9.47 Å². The first-order valence-corrected chi connectivity index (χ1v) is 3.55. The van der Waals surface area contributed by atoms with Gasteiger partial charge in [-0.25, -0.2) is 4.99 Å². The molecule has 0 aliphatic carbocycles. The van der Waals surface area contributed by atoms with E-state index in [0.29, 0.717) is 12.6 Å². The third-order valence-electron chi connectivity index (χ3n) is 1.57. The molecule has 0 amide bonds. The van der Waals surface area contributed by atoms with Crippen molar-refractivity contribution in [3.05, 3.63) is 0 Å². The van der Waals surface area contributed by atoms with Crippen LogP contribution in [0.2, 0.25) is 0 Å². The molecule has 0 aromatic carbocycles. The van der Waals surface area contributed by atoms with Gasteiger partial charge < -0.3 is 9.47 Å². The highest BCUT2D eigenvalue weighted by Crippen LogP contribution is 2.04. The minimum atomic E-state index is 0.309. The van der Waals surface area contributed by atoms with Crippen LogP contribution in [0.25, 0.3) is 0 Å². The minimum absolute atomic E-state index is 0.309. The molecule has 0 saturated carbocycles. The van der Waals surface area contributed by atoms with Crippen LogP contribution in [0.1, 0.15) is 13.3 Å². The Morgan fingerprint density at radius 2 is 2.60 bits per heavy atom. The Labute approximate surface area is 61.0 Å². The number of hydrogen-bond acceptors (Lipinski definition) is 3. The van der Waals surface area contributed by atoms with Gasteiger partial charge in [0.15, 0.2) is 0 Å². The van der Waals surface area contributed by atoms with Crippen LogP contribution < -0.4 is 0 Å². The lowest BCUT2D eigenvalue weighted by atomic mass is 10.2. The van der Waals surface area contributed by atoms with E-state index >= 15 is 0 Å². The topological polar surface area (TPSA) is 30.8 Å². The molecule has 0 N–H and O–H groups in total. The predicted octanol–water partition coefficient (Wildman–Crippen LogP) is 0.840. The second-order valence-electron chi connectivity index (χ2n) is 2.30. The SMILES string of the molecule is CCC1COCC(OC)=N1. The lowest BCUT2D eigenvalue weighted by molar-refractivity contribution is 0.124. The molecule has 3 nitrogen and oxygen atoms in total. The summed E-state index contributed by atoms with van der Waals surface area (Å²) in [6, 6.07) is 0.309. The van der Waals surface area contributed by atoms with Gasteiger partial charge in [-0.05, 0) is 6.42 Å². The number of hydrogen-bond donors (Lipinski definition) is 0. The van der Waals surface area contributed by atoms with Gasteiger partial charge in [-0.2, -0.15) is 0 Å². The fourth-order valence-corrected chi connectivity index (χ4v) is 0.881. The standard InChI is InChI=1S/C7H13NO2/c1-3-6-4-10-5-7(8-6)9-2/h6H,3-5H2,1-2H3. The maximum atomic E-state index is 5.22. The molecule has 0 aromatic heterocycles. The van der Waals surface area contributed by atoms with Gasteiger partial charge in [0, 0.05) is 0 Å². The summed E-state index contributed by atoms with van der Waals surface area (Å²) in [5.74, 6) is 0.720. The molecule has 1 aliphatic heterocycles. The number of rotatable bonds is 1. The molecule has 0 saturated heterocycles. The van der Waals surface area contributed by atoms with Crippen LogP contribution in [0.4, 0.5) is 0 Å². The first-order valence-electron chi connectivity index (χ1n) is 3.55. The molecular weight excluding hydrogens is 130 g/mol. The van der Waals surface area contributed by atoms with Gasteiger partial charge in [-0.1, -0.05) is 6.92 Å². The lowest BCUT2D eigenvalue weighted by Crippen LogP contribution is -2.26. The van der Waals surface area contributed by atoms with Crippen molar-refractivity contribution in [2.45, 2.75) is 19.4 Å². The number of nitrogens with zero attached hydrogens (tertiary/aromatic N) is 1. The molecule has 0 bridgehead atoms. The zero-order valence-corrected chi connectivity index (χ0v) is 6.46. The summed E-state index contributed by atoms with van der Waals surface area (Å²) in [5.41, 5.74) is 0. The van der Waals surface area contributed by atoms with Crippen molar-refractivity contribution in [2.75, 3.05) is 20.3 Å². The largest absolute Gasteiger partial charge is 0.483 e. The zero-order chi connectivity index (χ0) is 7.40. The van der Waals surface area contributed by atoms with Crippen LogP contribution in [-0.4, -0.2) is 32.3 Å². The van der Waals surface area contributed by atoms with Crippen molar-refractivity contribution >= 4 is 5.90 Å². The van der Waals surface area contributed by atoms with Crippen molar-refractivity contribution in [1.82, 2.24) is 0 Å². The second-order valence-corrected chi connectivity index (χ2v) is 2.30. The smallest absolute Gasteiger partial charge is 0.210 e. The molecule has 1 atom stereocenters. The number of ether oxygens (including phenoxy) is 2. The van der Waals surface area contributed by atoms with Crippen molar-refractivity contribution in [2.24, 2.45) is 4.99 Å². The van der Waals surface area contributed by atoms with Gasteiger partial charge in [0.05, 0.1) is 19.8 Å².